The maximum atomic E-state index is 10.6. The maximum Gasteiger partial charge on any atom is 0.138 e. The summed E-state index contributed by atoms with van der Waals surface area (Å²) in [6.45, 7) is 1.78. The molecule has 2 nitrogen and oxygen atoms in total. The highest BCUT2D eigenvalue weighted by molar-refractivity contribution is 5.83. The number of carbonyl (C=O) groups excluding carboxylic acids is 1. The molecule has 1 rings (SSSR count). The van der Waals surface area contributed by atoms with E-state index in [4.69, 9.17) is 5.11 Å². The fourth-order valence-electron chi connectivity index (χ4n) is 0.982. The first-order valence-corrected chi connectivity index (χ1v) is 2.92. The third-order valence-electron chi connectivity index (χ3n) is 1.77. The highest BCUT2D eigenvalue weighted by Crippen LogP contribution is 2.20. The Bertz CT molecular complexity index is 109. The van der Waals surface area contributed by atoms with Crippen LogP contribution in [0, 0.1) is 5.92 Å². The molecule has 1 aliphatic rings. The molecule has 1 fully saturated rings. The summed E-state index contributed by atoms with van der Waals surface area (Å²) in [4.78, 5) is 10.6. The van der Waals surface area contributed by atoms with Crippen LogP contribution < -0.4 is 0 Å². The van der Waals surface area contributed by atoms with Gasteiger partial charge in [0.15, 0.2) is 0 Å². The van der Waals surface area contributed by atoms with E-state index in [-0.39, 0.29) is 17.8 Å². The minimum absolute atomic E-state index is 0.102. The van der Waals surface area contributed by atoms with Crippen LogP contribution in [0.3, 0.4) is 0 Å². The maximum absolute atomic E-state index is 10.6. The fraction of sp³-hybridized carbons (Fsp3) is 0.833. The quantitative estimate of drug-likeness (QED) is 0.493. The van der Waals surface area contributed by atoms with E-state index in [1.165, 1.54) is 0 Å². The zero-order valence-corrected chi connectivity index (χ0v) is 4.92. The van der Waals surface area contributed by atoms with E-state index in [0.29, 0.717) is 12.8 Å². The molecular weight excluding hydrogens is 104 g/mol. The van der Waals surface area contributed by atoms with Gasteiger partial charge < -0.3 is 5.11 Å². The molecule has 0 aromatic carbocycles. The smallest absolute Gasteiger partial charge is 0.138 e. The summed E-state index contributed by atoms with van der Waals surface area (Å²) >= 11 is 0. The molecule has 2 heteroatoms. The van der Waals surface area contributed by atoms with E-state index < -0.39 is 0 Å². The molecule has 0 heterocycles. The lowest BCUT2D eigenvalue weighted by Gasteiger charge is -2.02. The second-order valence-electron chi connectivity index (χ2n) is 2.36. The van der Waals surface area contributed by atoms with E-state index >= 15 is 0 Å². The monoisotopic (exact) mass is 114 g/mol. The Morgan fingerprint density at radius 3 is 2.50 bits per heavy atom. The average molecular weight is 114 g/mol. The molecule has 2 atom stereocenters. The lowest BCUT2D eigenvalue weighted by atomic mass is 10.1. The van der Waals surface area contributed by atoms with Gasteiger partial charge in [0.2, 0.25) is 0 Å². The van der Waals surface area contributed by atoms with Gasteiger partial charge in [-0.3, -0.25) is 4.79 Å². The number of hydrogen-bond acceptors (Lipinski definition) is 2. The first-order chi connectivity index (χ1) is 3.72. The fourth-order valence-corrected chi connectivity index (χ4v) is 0.982. The Morgan fingerprint density at radius 2 is 2.38 bits per heavy atom. The van der Waals surface area contributed by atoms with Gasteiger partial charge in [0.05, 0.1) is 6.10 Å². The number of Topliss-reactive ketones (excluding diaryl/α,β-unsaturated/α-hetero) is 1. The number of hydrogen-bond donors (Lipinski definition) is 1. The summed E-state index contributed by atoms with van der Waals surface area (Å²) in [5, 5.41) is 8.95. The molecule has 46 valence electrons. The molecule has 1 aliphatic carbocycles. The third kappa shape index (κ3) is 0.757. The molecular formula is C6H10O2. The van der Waals surface area contributed by atoms with Crippen LogP contribution in [-0.2, 0) is 4.79 Å². The highest BCUT2D eigenvalue weighted by atomic mass is 16.3. The normalized spacial score (nSPS) is 38.5. The zero-order valence-electron chi connectivity index (χ0n) is 4.92. The molecule has 0 aliphatic heterocycles. The van der Waals surface area contributed by atoms with E-state index in [0.717, 1.165) is 0 Å². The van der Waals surface area contributed by atoms with Gasteiger partial charge in [0.25, 0.3) is 0 Å². The molecule has 0 radical (unpaired) electrons. The summed E-state index contributed by atoms with van der Waals surface area (Å²) in [7, 11) is 0. The van der Waals surface area contributed by atoms with Crippen molar-refractivity contribution in [1.29, 1.82) is 0 Å². The SMILES string of the molecule is CC1C(=O)CCC1O. The standard InChI is InChI=1S/C6H10O2/c1-4-5(7)2-3-6(4)8/h4-5,7H,2-3H2,1H3. The minimum Gasteiger partial charge on any atom is -0.392 e. The Kier molecular flexibility index (Phi) is 1.34. The largest absolute Gasteiger partial charge is 0.392 e. The predicted molar refractivity (Wildman–Crippen MR) is 29.4 cm³/mol. The van der Waals surface area contributed by atoms with Crippen LogP contribution in [0.2, 0.25) is 0 Å². The summed E-state index contributed by atoms with van der Waals surface area (Å²) in [6, 6.07) is 0. The second-order valence-corrected chi connectivity index (χ2v) is 2.36. The first-order valence-electron chi connectivity index (χ1n) is 2.92. The number of aliphatic hydroxyl groups is 1. The summed E-state index contributed by atoms with van der Waals surface area (Å²) in [5.41, 5.74) is 0. The van der Waals surface area contributed by atoms with Crippen LogP contribution in [0.15, 0.2) is 0 Å². The molecule has 0 saturated heterocycles. The molecule has 0 bridgehead atoms. The second kappa shape index (κ2) is 1.86. The van der Waals surface area contributed by atoms with E-state index in [1.807, 2.05) is 0 Å². The van der Waals surface area contributed by atoms with E-state index in [2.05, 4.69) is 0 Å². The van der Waals surface area contributed by atoms with Crippen molar-refractivity contribution in [2.24, 2.45) is 5.92 Å². The van der Waals surface area contributed by atoms with Gasteiger partial charge in [-0.2, -0.15) is 0 Å². The summed E-state index contributed by atoms with van der Waals surface area (Å²) in [5.74, 6) is 0.104. The van der Waals surface area contributed by atoms with Crippen molar-refractivity contribution in [2.45, 2.75) is 25.9 Å². The van der Waals surface area contributed by atoms with Crippen molar-refractivity contribution >= 4 is 5.78 Å². The van der Waals surface area contributed by atoms with Crippen molar-refractivity contribution in [2.75, 3.05) is 0 Å². The molecule has 0 aromatic heterocycles. The lowest BCUT2D eigenvalue weighted by Crippen LogP contribution is -2.14. The lowest BCUT2D eigenvalue weighted by molar-refractivity contribution is -0.121. The van der Waals surface area contributed by atoms with Crippen molar-refractivity contribution < 1.29 is 9.90 Å². The van der Waals surface area contributed by atoms with E-state index in [9.17, 15) is 4.79 Å². The molecule has 2 unspecified atom stereocenters. The number of rotatable bonds is 0. The molecule has 8 heavy (non-hydrogen) atoms. The topological polar surface area (TPSA) is 37.3 Å². The molecule has 0 amide bonds. The summed E-state index contributed by atoms with van der Waals surface area (Å²) < 4.78 is 0. The molecule has 0 aromatic rings. The van der Waals surface area contributed by atoms with Gasteiger partial charge in [-0.15, -0.1) is 0 Å². The predicted octanol–water partition coefficient (Wildman–Crippen LogP) is 0.346. The van der Waals surface area contributed by atoms with Crippen molar-refractivity contribution in [3.05, 3.63) is 0 Å². The Hall–Kier alpha value is -0.370. The van der Waals surface area contributed by atoms with Crippen molar-refractivity contribution in [3.63, 3.8) is 0 Å². The molecule has 1 N–H and O–H groups in total. The van der Waals surface area contributed by atoms with Crippen LogP contribution in [0.5, 0.6) is 0 Å². The Balaban J connectivity index is 2.56. The number of carbonyl (C=O) groups is 1. The van der Waals surface area contributed by atoms with Crippen LogP contribution in [0.4, 0.5) is 0 Å². The highest BCUT2D eigenvalue weighted by Gasteiger charge is 2.28. The van der Waals surface area contributed by atoms with Crippen molar-refractivity contribution in [1.82, 2.24) is 0 Å². The van der Waals surface area contributed by atoms with Gasteiger partial charge in [-0.1, -0.05) is 6.92 Å². The first kappa shape index (κ1) is 5.76. The average Bonchev–Trinajstić information content (AvgIpc) is 1.98. The zero-order chi connectivity index (χ0) is 6.15. The van der Waals surface area contributed by atoms with Crippen LogP contribution in [0.1, 0.15) is 19.8 Å². The van der Waals surface area contributed by atoms with E-state index in [1.54, 1.807) is 6.92 Å². The van der Waals surface area contributed by atoms with Gasteiger partial charge in [0.1, 0.15) is 5.78 Å². The van der Waals surface area contributed by atoms with Gasteiger partial charge in [-0.25, -0.2) is 0 Å². The van der Waals surface area contributed by atoms with Gasteiger partial charge in [0, 0.05) is 12.3 Å². The van der Waals surface area contributed by atoms with Crippen LogP contribution in [-0.4, -0.2) is 17.0 Å². The summed E-state index contributed by atoms with van der Waals surface area (Å²) in [6.07, 6.45) is 0.880. The van der Waals surface area contributed by atoms with Crippen LogP contribution >= 0.6 is 0 Å². The number of aliphatic hydroxyl groups excluding tert-OH is 1. The van der Waals surface area contributed by atoms with Crippen LogP contribution in [0.25, 0.3) is 0 Å². The third-order valence-corrected chi connectivity index (χ3v) is 1.77. The minimum atomic E-state index is -0.359. The molecule has 1 saturated carbocycles. The van der Waals surface area contributed by atoms with Crippen molar-refractivity contribution in [3.8, 4) is 0 Å². The Labute approximate surface area is 48.5 Å². The Morgan fingerprint density at radius 1 is 1.75 bits per heavy atom. The van der Waals surface area contributed by atoms with Gasteiger partial charge in [-0.05, 0) is 6.42 Å². The van der Waals surface area contributed by atoms with Gasteiger partial charge >= 0.3 is 0 Å². The number of ketones is 1. The molecule has 0 spiro atoms.